The molecule has 2 rings (SSSR count). The van der Waals surface area contributed by atoms with Gasteiger partial charge in [-0.05, 0) is 19.8 Å². The number of piperidine rings is 1. The first-order chi connectivity index (χ1) is 11.9. The molecule has 1 N–H and O–H groups in total. The van der Waals surface area contributed by atoms with Crippen LogP contribution in [0.15, 0.2) is 24.3 Å². The second kappa shape index (κ2) is 8.65. The molecule has 1 aliphatic heterocycles. The molecular weight excluding hydrogens is 318 g/mol. The first-order valence-corrected chi connectivity index (χ1v) is 8.72. The van der Waals surface area contributed by atoms with E-state index in [0.29, 0.717) is 18.7 Å². The van der Waals surface area contributed by atoms with E-state index in [0.717, 1.165) is 18.4 Å². The van der Waals surface area contributed by atoms with Crippen molar-refractivity contribution in [1.82, 2.24) is 15.1 Å². The van der Waals surface area contributed by atoms with Gasteiger partial charge in [0, 0.05) is 51.6 Å². The van der Waals surface area contributed by atoms with Gasteiger partial charge in [-0.3, -0.25) is 9.59 Å². The third kappa shape index (κ3) is 5.59. The van der Waals surface area contributed by atoms with Crippen LogP contribution in [-0.4, -0.2) is 60.7 Å². The zero-order chi connectivity index (χ0) is 18.4. The number of benzene rings is 1. The Morgan fingerprint density at radius 2 is 1.68 bits per heavy atom. The molecule has 6 heteroatoms. The SMILES string of the molecule is Cc1ccc(C(=O)CCC(=O)NC2CCN(C(=O)N(C)C)CC2)cc1. The van der Waals surface area contributed by atoms with Crippen molar-refractivity contribution < 1.29 is 14.4 Å². The Bertz CT molecular complexity index is 617. The third-order valence-corrected chi connectivity index (χ3v) is 4.47. The van der Waals surface area contributed by atoms with Crippen LogP contribution in [0.1, 0.15) is 41.6 Å². The van der Waals surface area contributed by atoms with E-state index in [-0.39, 0.29) is 36.6 Å². The van der Waals surface area contributed by atoms with Gasteiger partial charge in [0.15, 0.2) is 5.78 Å². The lowest BCUT2D eigenvalue weighted by molar-refractivity contribution is -0.122. The summed E-state index contributed by atoms with van der Waals surface area (Å²) >= 11 is 0. The lowest BCUT2D eigenvalue weighted by atomic mass is 10.0. The molecule has 0 bridgehead atoms. The van der Waals surface area contributed by atoms with E-state index in [1.54, 1.807) is 36.0 Å². The summed E-state index contributed by atoms with van der Waals surface area (Å²) in [5.74, 6) is -0.112. The van der Waals surface area contributed by atoms with Crippen molar-refractivity contribution in [2.24, 2.45) is 0 Å². The van der Waals surface area contributed by atoms with Gasteiger partial charge in [-0.1, -0.05) is 29.8 Å². The monoisotopic (exact) mass is 345 g/mol. The van der Waals surface area contributed by atoms with Crippen molar-refractivity contribution in [3.63, 3.8) is 0 Å². The lowest BCUT2D eigenvalue weighted by Gasteiger charge is -2.33. The molecule has 0 atom stereocenters. The standard InChI is InChI=1S/C19H27N3O3/c1-14-4-6-15(7-5-14)17(23)8-9-18(24)20-16-10-12-22(13-11-16)19(25)21(2)3/h4-7,16H,8-13H2,1-3H3,(H,20,24). The molecular formula is C19H27N3O3. The van der Waals surface area contributed by atoms with Gasteiger partial charge in [-0.15, -0.1) is 0 Å². The van der Waals surface area contributed by atoms with Crippen LogP contribution in [0.3, 0.4) is 0 Å². The molecule has 0 aliphatic carbocycles. The maximum atomic E-state index is 12.1. The summed E-state index contributed by atoms with van der Waals surface area (Å²) in [6.07, 6.45) is 1.91. The van der Waals surface area contributed by atoms with Gasteiger partial charge >= 0.3 is 6.03 Å². The second-order valence-electron chi connectivity index (χ2n) is 6.80. The van der Waals surface area contributed by atoms with E-state index < -0.39 is 0 Å². The molecule has 0 aromatic heterocycles. The van der Waals surface area contributed by atoms with Crippen molar-refractivity contribution in [3.8, 4) is 0 Å². The van der Waals surface area contributed by atoms with Crippen molar-refractivity contribution in [2.45, 2.75) is 38.6 Å². The highest BCUT2D eigenvalue weighted by Gasteiger charge is 2.24. The maximum Gasteiger partial charge on any atom is 0.319 e. The van der Waals surface area contributed by atoms with Crippen LogP contribution in [-0.2, 0) is 4.79 Å². The Morgan fingerprint density at radius 3 is 2.24 bits per heavy atom. The summed E-state index contributed by atoms with van der Waals surface area (Å²) in [7, 11) is 3.47. The maximum absolute atomic E-state index is 12.1. The average Bonchev–Trinajstić information content (AvgIpc) is 2.60. The molecule has 136 valence electrons. The number of likely N-dealkylation sites (tertiary alicyclic amines) is 1. The van der Waals surface area contributed by atoms with E-state index in [1.165, 1.54) is 0 Å². The van der Waals surface area contributed by atoms with Gasteiger partial charge in [0.1, 0.15) is 0 Å². The zero-order valence-corrected chi connectivity index (χ0v) is 15.2. The molecule has 0 spiro atoms. The fraction of sp³-hybridized carbons (Fsp3) is 0.526. The molecule has 0 radical (unpaired) electrons. The predicted molar refractivity (Wildman–Crippen MR) is 96.6 cm³/mol. The highest BCUT2D eigenvalue weighted by Crippen LogP contribution is 2.13. The van der Waals surface area contributed by atoms with Crippen molar-refractivity contribution in [2.75, 3.05) is 27.2 Å². The first kappa shape index (κ1) is 19.0. The number of hydrogen-bond donors (Lipinski definition) is 1. The number of hydrogen-bond acceptors (Lipinski definition) is 3. The van der Waals surface area contributed by atoms with E-state index >= 15 is 0 Å². The summed E-state index contributed by atoms with van der Waals surface area (Å²) in [6.45, 7) is 3.26. The first-order valence-electron chi connectivity index (χ1n) is 8.72. The molecule has 1 fully saturated rings. The highest BCUT2D eigenvalue weighted by atomic mass is 16.2. The van der Waals surface area contributed by atoms with Crippen molar-refractivity contribution >= 4 is 17.7 Å². The number of nitrogens with zero attached hydrogens (tertiary/aromatic N) is 2. The molecule has 1 aromatic rings. The average molecular weight is 345 g/mol. The Balaban J connectivity index is 1.71. The van der Waals surface area contributed by atoms with Crippen LogP contribution in [0, 0.1) is 6.92 Å². The number of ketones is 1. The number of urea groups is 1. The quantitative estimate of drug-likeness (QED) is 0.832. The summed E-state index contributed by atoms with van der Waals surface area (Å²) in [5, 5.41) is 2.98. The van der Waals surface area contributed by atoms with E-state index in [2.05, 4.69) is 5.32 Å². The molecule has 1 aromatic carbocycles. The summed E-state index contributed by atoms with van der Waals surface area (Å²) in [6, 6.07) is 7.48. The molecule has 1 saturated heterocycles. The largest absolute Gasteiger partial charge is 0.353 e. The predicted octanol–water partition coefficient (Wildman–Crippen LogP) is 2.22. The minimum absolute atomic E-state index is 0.00784. The van der Waals surface area contributed by atoms with Gasteiger partial charge in [0.2, 0.25) is 5.91 Å². The molecule has 1 heterocycles. The highest BCUT2D eigenvalue weighted by molar-refractivity contribution is 5.98. The number of aryl methyl sites for hydroxylation is 1. The number of nitrogens with one attached hydrogen (secondary N) is 1. The molecule has 0 unspecified atom stereocenters. The summed E-state index contributed by atoms with van der Waals surface area (Å²) in [4.78, 5) is 39.4. The summed E-state index contributed by atoms with van der Waals surface area (Å²) < 4.78 is 0. The minimum Gasteiger partial charge on any atom is -0.353 e. The number of carbonyl (C=O) groups is 3. The Labute approximate surface area is 149 Å². The minimum atomic E-state index is -0.0992. The zero-order valence-electron chi connectivity index (χ0n) is 15.2. The van der Waals surface area contributed by atoms with Crippen LogP contribution in [0.5, 0.6) is 0 Å². The van der Waals surface area contributed by atoms with E-state index in [4.69, 9.17) is 0 Å². The molecule has 25 heavy (non-hydrogen) atoms. The normalized spacial score (nSPS) is 14.9. The van der Waals surface area contributed by atoms with Gasteiger partial charge in [0.25, 0.3) is 0 Å². The van der Waals surface area contributed by atoms with Crippen LogP contribution >= 0.6 is 0 Å². The molecule has 0 saturated carbocycles. The van der Waals surface area contributed by atoms with Crippen LogP contribution in [0.2, 0.25) is 0 Å². The van der Waals surface area contributed by atoms with Crippen molar-refractivity contribution in [1.29, 1.82) is 0 Å². The smallest absolute Gasteiger partial charge is 0.319 e. The fourth-order valence-corrected chi connectivity index (χ4v) is 2.91. The Kier molecular flexibility index (Phi) is 6.56. The van der Waals surface area contributed by atoms with Crippen molar-refractivity contribution in [3.05, 3.63) is 35.4 Å². The van der Waals surface area contributed by atoms with Gasteiger partial charge in [-0.25, -0.2) is 4.79 Å². The van der Waals surface area contributed by atoms with Gasteiger partial charge in [-0.2, -0.15) is 0 Å². The number of Topliss-reactive ketones (excluding diaryl/α,β-unsaturated/α-hetero) is 1. The van der Waals surface area contributed by atoms with Crippen LogP contribution in [0.25, 0.3) is 0 Å². The van der Waals surface area contributed by atoms with E-state index in [9.17, 15) is 14.4 Å². The molecule has 6 nitrogen and oxygen atoms in total. The number of carbonyl (C=O) groups excluding carboxylic acids is 3. The molecule has 1 aliphatic rings. The second-order valence-corrected chi connectivity index (χ2v) is 6.80. The fourth-order valence-electron chi connectivity index (χ4n) is 2.91. The van der Waals surface area contributed by atoms with Gasteiger partial charge < -0.3 is 15.1 Å². The van der Waals surface area contributed by atoms with E-state index in [1.807, 2.05) is 19.1 Å². The number of rotatable bonds is 5. The third-order valence-electron chi connectivity index (χ3n) is 4.47. The lowest BCUT2D eigenvalue weighted by Crippen LogP contribution is -2.49. The molecule has 3 amide bonds. The Morgan fingerprint density at radius 1 is 1.08 bits per heavy atom. The summed E-state index contributed by atoms with van der Waals surface area (Å²) in [5.41, 5.74) is 1.75. The topological polar surface area (TPSA) is 69.7 Å². The van der Waals surface area contributed by atoms with Crippen LogP contribution in [0.4, 0.5) is 4.79 Å². The van der Waals surface area contributed by atoms with Crippen LogP contribution < -0.4 is 5.32 Å². The Hall–Kier alpha value is -2.37. The van der Waals surface area contributed by atoms with Gasteiger partial charge in [0.05, 0.1) is 0 Å². The number of amides is 3.